The van der Waals surface area contributed by atoms with E-state index in [0.29, 0.717) is 13.1 Å². The first kappa shape index (κ1) is 17.4. The minimum Gasteiger partial charge on any atom is -0.340 e. The molecule has 7 heteroatoms. The summed E-state index contributed by atoms with van der Waals surface area (Å²) in [4.78, 5) is 14.2. The Hall–Kier alpha value is -1.47. The van der Waals surface area contributed by atoms with E-state index in [2.05, 4.69) is 0 Å². The van der Waals surface area contributed by atoms with E-state index >= 15 is 0 Å². The van der Waals surface area contributed by atoms with Gasteiger partial charge in [-0.25, -0.2) is 12.8 Å². The molecule has 0 unspecified atom stereocenters. The van der Waals surface area contributed by atoms with E-state index in [-0.39, 0.29) is 29.3 Å². The second kappa shape index (κ2) is 6.44. The Bertz CT molecular complexity index is 721. The van der Waals surface area contributed by atoms with Crippen LogP contribution in [-0.4, -0.2) is 49.7 Å². The predicted octanol–water partition coefficient (Wildman–Crippen LogP) is 2.24. The van der Waals surface area contributed by atoms with Gasteiger partial charge in [0.05, 0.1) is 0 Å². The van der Waals surface area contributed by atoms with Gasteiger partial charge in [0.25, 0.3) is 0 Å². The number of amides is 1. The molecule has 1 amide bonds. The molecule has 132 valence electrons. The molecular formula is C17H23FN2O3S. The summed E-state index contributed by atoms with van der Waals surface area (Å²) in [6.07, 6.45) is 3.95. The average Bonchev–Trinajstić information content (AvgIpc) is 3.02. The fourth-order valence-electron chi connectivity index (χ4n) is 3.68. The standard InChI is InChI=1S/C17H23FN2O3S/c1-17(8-4-5-9-17)16(21)19-10-12-20(13-11-19)24(22,23)15-7-3-2-6-14(15)18/h2-3,6-7H,4-5,8-13H2,1H3. The van der Waals surface area contributed by atoms with Crippen molar-refractivity contribution in [2.24, 2.45) is 5.41 Å². The summed E-state index contributed by atoms with van der Waals surface area (Å²) in [6, 6.07) is 5.40. The van der Waals surface area contributed by atoms with Gasteiger partial charge in [0, 0.05) is 31.6 Å². The molecule has 1 aliphatic carbocycles. The summed E-state index contributed by atoms with van der Waals surface area (Å²) in [7, 11) is -3.86. The van der Waals surface area contributed by atoms with Crippen molar-refractivity contribution in [1.29, 1.82) is 0 Å². The quantitative estimate of drug-likeness (QED) is 0.836. The molecule has 1 aromatic carbocycles. The molecule has 1 aromatic rings. The Balaban J connectivity index is 1.69. The van der Waals surface area contributed by atoms with Gasteiger partial charge in [0.15, 0.2) is 0 Å². The van der Waals surface area contributed by atoms with Crippen LogP contribution in [0.2, 0.25) is 0 Å². The zero-order valence-corrected chi connectivity index (χ0v) is 14.7. The Morgan fingerprint density at radius 2 is 1.67 bits per heavy atom. The van der Waals surface area contributed by atoms with Gasteiger partial charge in [-0.3, -0.25) is 4.79 Å². The molecule has 3 rings (SSSR count). The van der Waals surface area contributed by atoms with Crippen molar-refractivity contribution in [2.45, 2.75) is 37.5 Å². The molecule has 0 spiro atoms. The lowest BCUT2D eigenvalue weighted by Crippen LogP contribution is -2.53. The summed E-state index contributed by atoms with van der Waals surface area (Å²) >= 11 is 0. The summed E-state index contributed by atoms with van der Waals surface area (Å²) in [5, 5.41) is 0. The van der Waals surface area contributed by atoms with E-state index in [1.54, 1.807) is 4.90 Å². The van der Waals surface area contributed by atoms with Crippen LogP contribution in [0.3, 0.4) is 0 Å². The summed E-state index contributed by atoms with van der Waals surface area (Å²) < 4.78 is 40.3. The number of hydrogen-bond donors (Lipinski definition) is 0. The fraction of sp³-hybridized carbons (Fsp3) is 0.588. The predicted molar refractivity (Wildman–Crippen MR) is 88.3 cm³/mol. The van der Waals surface area contributed by atoms with Crippen LogP contribution in [-0.2, 0) is 14.8 Å². The molecule has 1 saturated heterocycles. The molecule has 5 nitrogen and oxygen atoms in total. The molecular weight excluding hydrogens is 331 g/mol. The van der Waals surface area contributed by atoms with Crippen molar-refractivity contribution in [3.05, 3.63) is 30.1 Å². The van der Waals surface area contributed by atoms with Gasteiger partial charge < -0.3 is 4.90 Å². The van der Waals surface area contributed by atoms with E-state index in [9.17, 15) is 17.6 Å². The monoisotopic (exact) mass is 354 g/mol. The molecule has 1 aliphatic heterocycles. The number of benzene rings is 1. The zero-order chi connectivity index (χ0) is 17.4. The van der Waals surface area contributed by atoms with Gasteiger partial charge in [-0.15, -0.1) is 0 Å². The molecule has 24 heavy (non-hydrogen) atoms. The Morgan fingerprint density at radius 1 is 1.08 bits per heavy atom. The van der Waals surface area contributed by atoms with Gasteiger partial charge in [-0.1, -0.05) is 31.9 Å². The van der Waals surface area contributed by atoms with Crippen LogP contribution in [0.1, 0.15) is 32.6 Å². The third-order valence-electron chi connectivity index (χ3n) is 5.20. The second-order valence-corrected chi connectivity index (χ2v) is 8.80. The van der Waals surface area contributed by atoms with E-state index in [0.717, 1.165) is 31.7 Å². The molecule has 1 heterocycles. The van der Waals surface area contributed by atoms with Gasteiger partial charge >= 0.3 is 0 Å². The smallest absolute Gasteiger partial charge is 0.246 e. The van der Waals surface area contributed by atoms with Crippen molar-refractivity contribution in [3.63, 3.8) is 0 Å². The minimum atomic E-state index is -3.86. The molecule has 2 aliphatic rings. The Kier molecular flexibility index (Phi) is 4.66. The van der Waals surface area contributed by atoms with Crippen LogP contribution >= 0.6 is 0 Å². The molecule has 0 bridgehead atoms. The van der Waals surface area contributed by atoms with Crippen LogP contribution < -0.4 is 0 Å². The second-order valence-electron chi connectivity index (χ2n) is 6.89. The van der Waals surface area contributed by atoms with Gasteiger partial charge in [-0.05, 0) is 25.0 Å². The first-order chi connectivity index (χ1) is 11.3. The lowest BCUT2D eigenvalue weighted by molar-refractivity contribution is -0.142. The van der Waals surface area contributed by atoms with Gasteiger partial charge in [-0.2, -0.15) is 4.31 Å². The maximum atomic E-state index is 13.8. The van der Waals surface area contributed by atoms with Crippen molar-refractivity contribution in [3.8, 4) is 0 Å². The topological polar surface area (TPSA) is 57.7 Å². The summed E-state index contributed by atoms with van der Waals surface area (Å²) in [5.74, 6) is -0.614. The summed E-state index contributed by atoms with van der Waals surface area (Å²) in [5.41, 5.74) is -0.299. The SMILES string of the molecule is CC1(C(=O)N2CCN(S(=O)(=O)c3ccccc3F)CC2)CCCC1. The highest BCUT2D eigenvalue weighted by Gasteiger charge is 2.41. The highest BCUT2D eigenvalue weighted by atomic mass is 32.2. The third-order valence-corrected chi connectivity index (χ3v) is 7.14. The highest BCUT2D eigenvalue weighted by molar-refractivity contribution is 7.89. The van der Waals surface area contributed by atoms with Crippen LogP contribution in [0.25, 0.3) is 0 Å². The van der Waals surface area contributed by atoms with Gasteiger partial charge in [0.1, 0.15) is 10.7 Å². The molecule has 0 aromatic heterocycles. The maximum Gasteiger partial charge on any atom is 0.246 e. The third kappa shape index (κ3) is 3.07. The Morgan fingerprint density at radius 3 is 2.25 bits per heavy atom. The molecule has 1 saturated carbocycles. The number of carbonyl (C=O) groups excluding carboxylic acids is 1. The molecule has 0 atom stereocenters. The van der Waals surface area contributed by atoms with E-state index in [4.69, 9.17) is 0 Å². The first-order valence-electron chi connectivity index (χ1n) is 8.39. The number of sulfonamides is 1. The maximum absolute atomic E-state index is 13.8. The lowest BCUT2D eigenvalue weighted by atomic mass is 9.87. The number of nitrogens with zero attached hydrogens (tertiary/aromatic N) is 2. The van der Waals surface area contributed by atoms with Crippen molar-refractivity contribution in [2.75, 3.05) is 26.2 Å². The largest absolute Gasteiger partial charge is 0.340 e. The minimum absolute atomic E-state index is 0.128. The first-order valence-corrected chi connectivity index (χ1v) is 9.83. The molecule has 2 fully saturated rings. The number of piperazine rings is 1. The summed E-state index contributed by atoms with van der Waals surface area (Å²) in [6.45, 7) is 3.14. The van der Waals surface area contributed by atoms with Crippen molar-refractivity contribution in [1.82, 2.24) is 9.21 Å². The van der Waals surface area contributed by atoms with Crippen LogP contribution in [0, 0.1) is 11.2 Å². The van der Waals surface area contributed by atoms with E-state index in [1.165, 1.54) is 22.5 Å². The van der Waals surface area contributed by atoms with Gasteiger partial charge in [0.2, 0.25) is 15.9 Å². The number of halogens is 1. The zero-order valence-electron chi connectivity index (χ0n) is 13.9. The van der Waals surface area contributed by atoms with Crippen molar-refractivity contribution >= 4 is 15.9 Å². The highest BCUT2D eigenvalue weighted by Crippen LogP contribution is 2.39. The van der Waals surface area contributed by atoms with E-state index in [1.807, 2.05) is 6.92 Å². The Labute approximate surface area is 142 Å². The number of rotatable bonds is 3. The van der Waals surface area contributed by atoms with Crippen LogP contribution in [0.4, 0.5) is 4.39 Å². The lowest BCUT2D eigenvalue weighted by Gasteiger charge is -2.38. The molecule has 0 radical (unpaired) electrons. The van der Waals surface area contributed by atoms with Crippen molar-refractivity contribution < 1.29 is 17.6 Å². The van der Waals surface area contributed by atoms with E-state index < -0.39 is 15.8 Å². The fourth-order valence-corrected chi connectivity index (χ4v) is 5.16. The molecule has 0 N–H and O–H groups in total. The van der Waals surface area contributed by atoms with Crippen LogP contribution in [0.15, 0.2) is 29.2 Å². The van der Waals surface area contributed by atoms with Crippen LogP contribution in [0.5, 0.6) is 0 Å². The number of carbonyl (C=O) groups is 1. The number of hydrogen-bond acceptors (Lipinski definition) is 3. The average molecular weight is 354 g/mol. The normalized spacial score (nSPS) is 21.8.